The molecule has 0 fully saturated rings. The van der Waals surface area contributed by atoms with Crippen LogP contribution in [0.1, 0.15) is 21.7 Å². The number of benzene rings is 1. The number of thioether (sulfide) groups is 1. The Kier molecular flexibility index (Phi) is 6.82. The molecule has 0 saturated heterocycles. The van der Waals surface area contributed by atoms with Gasteiger partial charge in [0.2, 0.25) is 5.88 Å². The van der Waals surface area contributed by atoms with Crippen LogP contribution in [0.5, 0.6) is 5.88 Å². The Labute approximate surface area is 169 Å². The van der Waals surface area contributed by atoms with Gasteiger partial charge in [-0.25, -0.2) is 4.98 Å². The predicted molar refractivity (Wildman–Crippen MR) is 102 cm³/mol. The van der Waals surface area contributed by atoms with Crippen molar-refractivity contribution in [1.29, 1.82) is 0 Å². The van der Waals surface area contributed by atoms with Crippen molar-refractivity contribution in [2.75, 3.05) is 6.61 Å². The first-order valence-electron chi connectivity index (χ1n) is 8.57. The monoisotopic (exact) mass is 422 g/mol. The number of halogens is 3. The van der Waals surface area contributed by atoms with Crippen molar-refractivity contribution in [3.63, 3.8) is 0 Å². The number of carbonyl (C=O) groups excluding carboxylic acids is 1. The van der Waals surface area contributed by atoms with Gasteiger partial charge in [0.05, 0.1) is 6.26 Å². The van der Waals surface area contributed by atoms with Crippen LogP contribution in [0.15, 0.2) is 70.3 Å². The van der Waals surface area contributed by atoms with Crippen LogP contribution in [0.4, 0.5) is 13.2 Å². The molecule has 2 heterocycles. The molecule has 9 heteroatoms. The maximum Gasteiger partial charge on any atom is 0.422 e. The van der Waals surface area contributed by atoms with Gasteiger partial charge >= 0.3 is 6.18 Å². The standard InChI is InChI=1S/C20H17F3N2O3S/c21-20(22,23)13-28-17-10-14(6-8-24-17)11-25-19(26)18-15(7-9-27-18)12-29-16-4-2-1-3-5-16/h1-10H,11-13H2,(H,25,26). The first kappa shape index (κ1) is 20.8. The Bertz CT molecular complexity index is 945. The van der Waals surface area contributed by atoms with E-state index in [9.17, 15) is 18.0 Å². The van der Waals surface area contributed by atoms with Crippen LogP contribution in [0.2, 0.25) is 0 Å². The van der Waals surface area contributed by atoms with Crippen molar-refractivity contribution in [1.82, 2.24) is 10.3 Å². The zero-order valence-electron chi connectivity index (χ0n) is 15.1. The molecule has 2 aromatic heterocycles. The molecule has 1 amide bonds. The summed E-state index contributed by atoms with van der Waals surface area (Å²) in [5.74, 6) is 0.199. The summed E-state index contributed by atoms with van der Waals surface area (Å²) >= 11 is 1.58. The second-order valence-electron chi connectivity index (χ2n) is 5.97. The normalized spacial score (nSPS) is 11.3. The Balaban J connectivity index is 1.55. The highest BCUT2D eigenvalue weighted by Gasteiger charge is 2.28. The molecule has 0 radical (unpaired) electrons. The zero-order valence-corrected chi connectivity index (χ0v) is 15.9. The number of nitrogens with one attached hydrogen (secondary N) is 1. The minimum Gasteiger partial charge on any atom is -0.468 e. The number of aromatic nitrogens is 1. The Morgan fingerprint density at radius 3 is 2.72 bits per heavy atom. The average Bonchev–Trinajstić information content (AvgIpc) is 3.18. The van der Waals surface area contributed by atoms with E-state index in [1.54, 1.807) is 23.9 Å². The third-order valence-corrected chi connectivity index (χ3v) is 4.79. The molecular formula is C20H17F3N2O3S. The number of furan rings is 1. The van der Waals surface area contributed by atoms with Gasteiger partial charge in [-0.05, 0) is 29.8 Å². The van der Waals surface area contributed by atoms with E-state index in [2.05, 4.69) is 15.0 Å². The van der Waals surface area contributed by atoms with Gasteiger partial charge in [0.1, 0.15) is 0 Å². The Morgan fingerprint density at radius 1 is 1.17 bits per heavy atom. The van der Waals surface area contributed by atoms with Crippen LogP contribution in [-0.2, 0) is 12.3 Å². The van der Waals surface area contributed by atoms with Crippen LogP contribution >= 0.6 is 11.8 Å². The van der Waals surface area contributed by atoms with E-state index >= 15 is 0 Å². The zero-order chi connectivity index (χ0) is 20.7. The first-order valence-corrected chi connectivity index (χ1v) is 9.56. The number of hydrogen-bond acceptors (Lipinski definition) is 5. The maximum absolute atomic E-state index is 12.4. The molecule has 0 aliphatic heterocycles. The lowest BCUT2D eigenvalue weighted by molar-refractivity contribution is -0.154. The van der Waals surface area contributed by atoms with E-state index in [0.29, 0.717) is 11.3 Å². The van der Waals surface area contributed by atoms with Crippen molar-refractivity contribution in [3.8, 4) is 5.88 Å². The highest BCUT2D eigenvalue weighted by atomic mass is 32.2. The van der Waals surface area contributed by atoms with E-state index in [-0.39, 0.29) is 18.2 Å². The van der Waals surface area contributed by atoms with E-state index in [0.717, 1.165) is 10.5 Å². The van der Waals surface area contributed by atoms with Crippen LogP contribution < -0.4 is 10.1 Å². The van der Waals surface area contributed by atoms with Gasteiger partial charge in [0, 0.05) is 35.0 Å². The average molecular weight is 422 g/mol. The third-order valence-electron chi connectivity index (χ3n) is 3.73. The lowest BCUT2D eigenvalue weighted by atomic mass is 10.2. The molecule has 29 heavy (non-hydrogen) atoms. The van der Waals surface area contributed by atoms with Crippen molar-refractivity contribution in [3.05, 3.63) is 77.9 Å². The summed E-state index contributed by atoms with van der Waals surface area (Å²) in [6, 6.07) is 14.4. The van der Waals surface area contributed by atoms with Gasteiger partial charge in [0.25, 0.3) is 5.91 Å². The van der Waals surface area contributed by atoms with Gasteiger partial charge in [-0.1, -0.05) is 18.2 Å². The number of amides is 1. The topological polar surface area (TPSA) is 64.4 Å². The molecule has 1 aromatic carbocycles. The highest BCUT2D eigenvalue weighted by Crippen LogP contribution is 2.25. The summed E-state index contributed by atoms with van der Waals surface area (Å²) in [7, 11) is 0. The molecule has 1 N–H and O–H groups in total. The minimum atomic E-state index is -4.45. The van der Waals surface area contributed by atoms with Crippen LogP contribution in [-0.4, -0.2) is 23.7 Å². The van der Waals surface area contributed by atoms with Crippen LogP contribution in [0, 0.1) is 0 Å². The second-order valence-corrected chi connectivity index (χ2v) is 7.01. The first-order chi connectivity index (χ1) is 13.9. The molecule has 5 nitrogen and oxygen atoms in total. The van der Waals surface area contributed by atoms with Crippen LogP contribution in [0.25, 0.3) is 0 Å². The fourth-order valence-electron chi connectivity index (χ4n) is 2.38. The number of hydrogen-bond donors (Lipinski definition) is 1. The molecule has 152 valence electrons. The predicted octanol–water partition coefficient (Wildman–Crippen LogP) is 4.84. The minimum absolute atomic E-state index is 0.0930. The van der Waals surface area contributed by atoms with Crippen molar-refractivity contribution < 1.29 is 27.1 Å². The Morgan fingerprint density at radius 2 is 1.97 bits per heavy atom. The summed E-state index contributed by atoms with van der Waals surface area (Å²) in [5, 5.41) is 2.69. The quantitative estimate of drug-likeness (QED) is 0.527. The molecule has 0 spiro atoms. The number of ether oxygens (including phenoxy) is 1. The maximum atomic E-state index is 12.4. The molecule has 3 rings (SSSR count). The molecule has 0 unspecified atom stereocenters. The van der Waals surface area contributed by atoms with Crippen molar-refractivity contribution >= 4 is 17.7 Å². The number of rotatable bonds is 8. The molecule has 0 aliphatic rings. The summed E-state index contributed by atoms with van der Waals surface area (Å²) in [6.45, 7) is -1.33. The summed E-state index contributed by atoms with van der Waals surface area (Å²) in [4.78, 5) is 17.2. The summed E-state index contributed by atoms with van der Waals surface area (Å²) in [5.41, 5.74) is 1.30. The summed E-state index contributed by atoms with van der Waals surface area (Å²) < 4.78 is 46.6. The van der Waals surface area contributed by atoms with E-state index < -0.39 is 18.7 Å². The molecule has 0 atom stereocenters. The van der Waals surface area contributed by atoms with Gasteiger partial charge in [0.15, 0.2) is 12.4 Å². The van der Waals surface area contributed by atoms with Crippen LogP contribution in [0.3, 0.4) is 0 Å². The molecule has 0 saturated carbocycles. The lowest BCUT2D eigenvalue weighted by Gasteiger charge is -2.10. The number of alkyl halides is 3. The van der Waals surface area contributed by atoms with Gasteiger partial charge < -0.3 is 14.5 Å². The number of nitrogens with zero attached hydrogens (tertiary/aromatic N) is 1. The molecule has 0 bridgehead atoms. The highest BCUT2D eigenvalue weighted by molar-refractivity contribution is 7.98. The largest absolute Gasteiger partial charge is 0.468 e. The van der Waals surface area contributed by atoms with Crippen molar-refractivity contribution in [2.45, 2.75) is 23.4 Å². The van der Waals surface area contributed by atoms with E-state index in [1.165, 1.54) is 18.5 Å². The van der Waals surface area contributed by atoms with Crippen molar-refractivity contribution in [2.24, 2.45) is 0 Å². The SMILES string of the molecule is O=C(NCc1ccnc(OCC(F)(F)F)c1)c1occc1CSc1ccccc1. The Hall–Kier alpha value is -2.94. The second kappa shape index (κ2) is 9.51. The number of pyridine rings is 1. The van der Waals surface area contributed by atoms with Gasteiger partial charge in [-0.15, -0.1) is 11.8 Å². The fraction of sp³-hybridized carbons (Fsp3) is 0.200. The van der Waals surface area contributed by atoms with Gasteiger partial charge in [-0.3, -0.25) is 4.79 Å². The smallest absolute Gasteiger partial charge is 0.422 e. The molecule has 0 aliphatic carbocycles. The lowest BCUT2D eigenvalue weighted by Crippen LogP contribution is -2.23. The third kappa shape index (κ3) is 6.56. The fourth-order valence-corrected chi connectivity index (χ4v) is 3.28. The molecular weight excluding hydrogens is 405 g/mol. The number of carbonyl (C=O) groups is 1. The summed E-state index contributed by atoms with van der Waals surface area (Å²) in [6.07, 6.45) is -1.67. The van der Waals surface area contributed by atoms with E-state index in [1.807, 2.05) is 30.3 Å². The van der Waals surface area contributed by atoms with Gasteiger partial charge in [-0.2, -0.15) is 13.2 Å². The van der Waals surface area contributed by atoms with E-state index in [4.69, 9.17) is 4.42 Å². The molecule has 3 aromatic rings.